The Morgan fingerprint density at radius 3 is 2.83 bits per heavy atom. The highest BCUT2D eigenvalue weighted by molar-refractivity contribution is 7.13. The van der Waals surface area contributed by atoms with Crippen LogP contribution in [0.15, 0.2) is 28.2 Å². The Morgan fingerprint density at radius 2 is 2.21 bits per heavy atom. The summed E-state index contributed by atoms with van der Waals surface area (Å²) in [6.07, 6.45) is 4.10. The molecule has 2 aliphatic rings. The van der Waals surface area contributed by atoms with Crippen molar-refractivity contribution >= 4 is 23.2 Å². The normalized spacial score (nSPS) is 21.8. The van der Waals surface area contributed by atoms with Crippen LogP contribution < -0.4 is 0 Å². The van der Waals surface area contributed by atoms with Gasteiger partial charge in [-0.1, -0.05) is 6.07 Å². The fourth-order valence-electron chi connectivity index (χ4n) is 3.62. The molecule has 1 N–H and O–H groups in total. The van der Waals surface area contributed by atoms with Crippen molar-refractivity contribution in [2.24, 2.45) is 11.3 Å². The Kier molecular flexibility index (Phi) is 3.68. The average Bonchev–Trinajstić information content (AvgIpc) is 2.98. The molecule has 2 fully saturated rings. The molecule has 1 amide bonds. The number of rotatable bonds is 4. The van der Waals surface area contributed by atoms with Crippen LogP contribution >= 0.6 is 11.3 Å². The van der Waals surface area contributed by atoms with Crippen molar-refractivity contribution in [1.82, 2.24) is 9.88 Å². The summed E-state index contributed by atoms with van der Waals surface area (Å²) >= 11 is 1.55. The van der Waals surface area contributed by atoms with Crippen LogP contribution in [0.2, 0.25) is 0 Å². The van der Waals surface area contributed by atoms with Crippen LogP contribution in [0.25, 0.3) is 10.8 Å². The molecule has 0 aromatic carbocycles. The maximum Gasteiger partial charge on any atom is 0.307 e. The van der Waals surface area contributed by atoms with Crippen LogP contribution in [0.4, 0.5) is 0 Å². The lowest BCUT2D eigenvalue weighted by atomic mass is 9.90. The lowest BCUT2D eigenvalue weighted by Gasteiger charge is -2.32. The van der Waals surface area contributed by atoms with Crippen LogP contribution in [-0.4, -0.2) is 40.0 Å². The zero-order valence-corrected chi connectivity index (χ0v) is 13.9. The Labute approximate surface area is 143 Å². The fourth-order valence-corrected chi connectivity index (χ4v) is 4.27. The number of amides is 1. The number of carbonyl (C=O) groups excluding carboxylic acids is 1. The number of carbonyl (C=O) groups is 2. The first kappa shape index (κ1) is 15.4. The first-order valence-corrected chi connectivity index (χ1v) is 8.94. The van der Waals surface area contributed by atoms with Gasteiger partial charge in [-0.05, 0) is 36.1 Å². The molecular weight excluding hydrogens is 328 g/mol. The van der Waals surface area contributed by atoms with Crippen molar-refractivity contribution in [2.75, 3.05) is 13.1 Å². The maximum atomic E-state index is 12.4. The van der Waals surface area contributed by atoms with E-state index in [-0.39, 0.29) is 23.7 Å². The summed E-state index contributed by atoms with van der Waals surface area (Å²) in [5.74, 6) is -0.326. The van der Waals surface area contributed by atoms with Gasteiger partial charge in [0.15, 0.2) is 0 Å². The molecule has 1 unspecified atom stereocenters. The second kappa shape index (κ2) is 5.73. The minimum Gasteiger partial charge on any atom is -0.481 e. The van der Waals surface area contributed by atoms with Gasteiger partial charge in [0.05, 0.1) is 22.9 Å². The minimum atomic E-state index is -0.696. The topological polar surface area (TPSA) is 83.6 Å². The van der Waals surface area contributed by atoms with E-state index < -0.39 is 5.97 Å². The molecule has 1 aliphatic heterocycles. The summed E-state index contributed by atoms with van der Waals surface area (Å²) < 4.78 is 5.44. The number of hydrogen-bond acceptors (Lipinski definition) is 5. The van der Waals surface area contributed by atoms with Gasteiger partial charge in [-0.2, -0.15) is 0 Å². The summed E-state index contributed by atoms with van der Waals surface area (Å²) in [7, 11) is 0. The first-order valence-electron chi connectivity index (χ1n) is 8.06. The van der Waals surface area contributed by atoms with Crippen molar-refractivity contribution in [1.29, 1.82) is 0 Å². The molecule has 1 aliphatic carbocycles. The number of nitrogens with zero attached hydrogens (tertiary/aromatic N) is 2. The van der Waals surface area contributed by atoms with E-state index in [4.69, 9.17) is 9.52 Å². The third-order valence-electron chi connectivity index (χ3n) is 5.22. The van der Waals surface area contributed by atoms with E-state index in [9.17, 15) is 9.59 Å². The molecule has 4 rings (SSSR count). The van der Waals surface area contributed by atoms with Crippen molar-refractivity contribution in [2.45, 2.75) is 25.7 Å². The predicted molar refractivity (Wildman–Crippen MR) is 87.5 cm³/mol. The Hall–Kier alpha value is -2.15. The van der Waals surface area contributed by atoms with Crippen LogP contribution in [0, 0.1) is 11.3 Å². The minimum absolute atomic E-state index is 0.0309. The molecule has 0 bridgehead atoms. The van der Waals surface area contributed by atoms with Crippen LogP contribution in [0.1, 0.15) is 25.0 Å². The van der Waals surface area contributed by atoms with E-state index in [0.29, 0.717) is 24.7 Å². The van der Waals surface area contributed by atoms with Gasteiger partial charge >= 0.3 is 5.97 Å². The molecule has 2 aromatic heterocycles. The summed E-state index contributed by atoms with van der Waals surface area (Å²) in [6.45, 7) is 1.27. The van der Waals surface area contributed by atoms with E-state index in [1.165, 1.54) is 0 Å². The number of carboxylic acids is 1. The van der Waals surface area contributed by atoms with Crippen molar-refractivity contribution in [3.8, 4) is 10.8 Å². The lowest BCUT2D eigenvalue weighted by molar-refractivity contribution is -0.139. The Morgan fingerprint density at radius 1 is 1.42 bits per heavy atom. The van der Waals surface area contributed by atoms with Crippen LogP contribution in [0.5, 0.6) is 0 Å². The zero-order valence-electron chi connectivity index (χ0n) is 13.1. The highest BCUT2D eigenvalue weighted by atomic mass is 32.1. The predicted octanol–water partition coefficient (Wildman–Crippen LogP) is 2.66. The van der Waals surface area contributed by atoms with Gasteiger partial charge in [-0.25, -0.2) is 4.98 Å². The van der Waals surface area contributed by atoms with Gasteiger partial charge in [0, 0.05) is 13.1 Å². The summed E-state index contributed by atoms with van der Waals surface area (Å²) in [5, 5.41) is 11.1. The number of piperidine rings is 1. The number of carboxylic acid groups (broad SMARTS) is 1. The van der Waals surface area contributed by atoms with Gasteiger partial charge in [0.1, 0.15) is 6.26 Å². The van der Waals surface area contributed by atoms with E-state index in [2.05, 4.69) is 4.98 Å². The van der Waals surface area contributed by atoms with Crippen LogP contribution in [0.3, 0.4) is 0 Å². The second-order valence-corrected chi connectivity index (χ2v) is 7.58. The monoisotopic (exact) mass is 346 g/mol. The van der Waals surface area contributed by atoms with Crippen molar-refractivity contribution in [3.05, 3.63) is 29.5 Å². The Balaban J connectivity index is 1.34. The van der Waals surface area contributed by atoms with Crippen LogP contribution in [-0.2, 0) is 16.0 Å². The van der Waals surface area contributed by atoms with Crippen molar-refractivity contribution < 1.29 is 19.1 Å². The highest BCUT2D eigenvalue weighted by Crippen LogP contribution is 2.59. The van der Waals surface area contributed by atoms with Gasteiger partial charge in [-0.15, -0.1) is 11.3 Å². The van der Waals surface area contributed by atoms with E-state index in [1.807, 2.05) is 22.4 Å². The maximum absolute atomic E-state index is 12.4. The molecule has 1 spiro atoms. The lowest BCUT2D eigenvalue weighted by Crippen LogP contribution is -2.40. The van der Waals surface area contributed by atoms with E-state index >= 15 is 0 Å². The molecule has 1 saturated heterocycles. The standard InChI is InChI=1S/C17H18N2O4S/c20-14(8-11-10-23-15(18-11)13-2-1-7-24-13)19-5-3-17(4-6-19)9-12(17)16(21)22/h1-2,7,10,12H,3-6,8-9H2,(H,21,22). The number of hydrogen-bond donors (Lipinski definition) is 1. The Bertz CT molecular complexity index is 759. The zero-order chi connectivity index (χ0) is 16.7. The van der Waals surface area contributed by atoms with Gasteiger partial charge in [-0.3, -0.25) is 9.59 Å². The quantitative estimate of drug-likeness (QED) is 0.920. The van der Waals surface area contributed by atoms with Gasteiger partial charge < -0.3 is 14.4 Å². The third kappa shape index (κ3) is 2.73. The molecule has 6 nitrogen and oxygen atoms in total. The molecule has 3 heterocycles. The van der Waals surface area contributed by atoms with Gasteiger partial charge in [0.2, 0.25) is 11.8 Å². The largest absolute Gasteiger partial charge is 0.481 e. The molecule has 1 saturated carbocycles. The number of thiophene rings is 1. The molecule has 0 radical (unpaired) electrons. The molecule has 2 aromatic rings. The highest BCUT2D eigenvalue weighted by Gasteiger charge is 2.59. The van der Waals surface area contributed by atoms with E-state index in [0.717, 1.165) is 24.1 Å². The van der Waals surface area contributed by atoms with Gasteiger partial charge in [0.25, 0.3) is 0 Å². The average molecular weight is 346 g/mol. The number of likely N-dealkylation sites (tertiary alicyclic amines) is 1. The summed E-state index contributed by atoms with van der Waals surface area (Å²) in [6, 6.07) is 3.86. The molecule has 126 valence electrons. The molecule has 24 heavy (non-hydrogen) atoms. The number of aliphatic carboxylic acids is 1. The summed E-state index contributed by atoms with van der Waals surface area (Å²) in [5.41, 5.74) is 0.585. The molecule has 7 heteroatoms. The molecular formula is C17H18N2O4S. The van der Waals surface area contributed by atoms with E-state index in [1.54, 1.807) is 17.6 Å². The number of oxazole rings is 1. The SMILES string of the molecule is O=C(O)C1CC12CCN(C(=O)Cc1coc(-c3cccs3)n1)CC2. The second-order valence-electron chi connectivity index (χ2n) is 6.64. The third-order valence-corrected chi connectivity index (χ3v) is 6.07. The summed E-state index contributed by atoms with van der Waals surface area (Å²) in [4.78, 5) is 30.7. The van der Waals surface area contributed by atoms with Crippen molar-refractivity contribution in [3.63, 3.8) is 0 Å². The molecule has 1 atom stereocenters. The number of aromatic nitrogens is 1. The first-order chi connectivity index (χ1) is 11.6. The smallest absolute Gasteiger partial charge is 0.307 e. The fraction of sp³-hybridized carbons (Fsp3) is 0.471.